The molecule has 0 unspecified atom stereocenters. The summed E-state index contributed by atoms with van der Waals surface area (Å²) in [4.78, 5) is 15.5. The van der Waals surface area contributed by atoms with Crippen molar-refractivity contribution in [3.63, 3.8) is 0 Å². The first-order valence-corrected chi connectivity index (χ1v) is 7.08. The first-order chi connectivity index (χ1) is 13.5. The molecule has 0 saturated heterocycles. The number of amides is 1. The van der Waals surface area contributed by atoms with Gasteiger partial charge in [0.15, 0.2) is 0 Å². The number of nitrogens with one attached hydrogen (secondary N) is 1. The molecule has 10 heteroatoms. The van der Waals surface area contributed by atoms with Crippen molar-refractivity contribution in [2.24, 2.45) is 0 Å². The second-order valence-electron chi connectivity index (χ2n) is 4.80. The first-order valence-electron chi connectivity index (χ1n) is 8.70. The molecular weight excluding hydrogens is 386 g/mol. The van der Waals surface area contributed by atoms with Gasteiger partial charge < -0.3 is 5.32 Å². The number of carbonyl (C=O) groups excluding carboxylic acids is 1. The molecule has 0 aliphatic heterocycles. The Kier molecular flexibility index (Phi) is 4.29. The number of alkyl halides is 6. The zero-order valence-corrected chi connectivity index (χ0v) is 13.2. The number of benzene rings is 1. The summed E-state index contributed by atoms with van der Waals surface area (Å²) in [6, 6.07) is 3.74. The monoisotopic (exact) mass is 400 g/mol. The van der Waals surface area contributed by atoms with E-state index in [2.05, 4.69) is 4.98 Å². The summed E-state index contributed by atoms with van der Waals surface area (Å²) in [5, 5.41) is 0.609. The SMILES string of the molecule is [2H]C([2H])(NC(=O)c1ccccc1C(F)(F)F)C([2H])([2H])c1ncc(C(F)(F)F)cc1Cl. The van der Waals surface area contributed by atoms with Crippen molar-refractivity contribution in [3.05, 3.63) is 63.9 Å². The summed E-state index contributed by atoms with van der Waals surface area (Å²) >= 11 is 5.63. The summed E-state index contributed by atoms with van der Waals surface area (Å²) in [6.07, 6.45) is -12.9. The smallest absolute Gasteiger partial charge is 0.352 e. The number of aryl methyl sites for hydroxylation is 1. The summed E-state index contributed by atoms with van der Waals surface area (Å²) < 4.78 is 109. The number of halogens is 7. The number of pyridine rings is 1. The van der Waals surface area contributed by atoms with Gasteiger partial charge in [0.25, 0.3) is 5.91 Å². The molecule has 3 nitrogen and oxygen atoms in total. The highest BCUT2D eigenvalue weighted by Crippen LogP contribution is 2.32. The second kappa shape index (κ2) is 7.53. The Morgan fingerprint density at radius 1 is 1.15 bits per heavy atom. The van der Waals surface area contributed by atoms with E-state index in [1.165, 1.54) is 5.32 Å². The normalized spacial score (nSPS) is 15.5. The maximum absolute atomic E-state index is 13.1. The molecule has 0 saturated carbocycles. The van der Waals surface area contributed by atoms with E-state index in [0.29, 0.717) is 12.1 Å². The Hall–Kier alpha value is -2.29. The highest BCUT2D eigenvalue weighted by molar-refractivity contribution is 6.31. The van der Waals surface area contributed by atoms with Gasteiger partial charge in [-0.1, -0.05) is 23.7 Å². The van der Waals surface area contributed by atoms with Gasteiger partial charge in [0.2, 0.25) is 0 Å². The molecular formula is C16H11ClF6N2O. The molecule has 1 amide bonds. The fourth-order valence-corrected chi connectivity index (χ4v) is 2.04. The van der Waals surface area contributed by atoms with Crippen LogP contribution in [0.25, 0.3) is 0 Å². The third-order valence-corrected chi connectivity index (χ3v) is 3.29. The Morgan fingerprint density at radius 3 is 2.38 bits per heavy atom. The molecule has 0 spiro atoms. The molecule has 0 aliphatic carbocycles. The van der Waals surface area contributed by atoms with Crippen molar-refractivity contribution >= 4 is 17.5 Å². The summed E-state index contributed by atoms with van der Waals surface area (Å²) in [5.41, 5.74) is -4.66. The fraction of sp³-hybridized carbons (Fsp3) is 0.250. The van der Waals surface area contributed by atoms with Crippen molar-refractivity contribution in [3.8, 4) is 0 Å². The van der Waals surface area contributed by atoms with Crippen LogP contribution in [0.2, 0.25) is 5.02 Å². The van der Waals surface area contributed by atoms with E-state index in [4.69, 9.17) is 17.1 Å². The van der Waals surface area contributed by atoms with Crippen LogP contribution in [0.3, 0.4) is 0 Å². The number of nitrogens with zero attached hydrogens (tertiary/aromatic N) is 1. The summed E-state index contributed by atoms with van der Waals surface area (Å²) in [6.45, 7) is -3.40. The minimum atomic E-state index is -4.95. The van der Waals surface area contributed by atoms with Crippen LogP contribution in [-0.4, -0.2) is 17.4 Å². The first kappa shape index (κ1) is 14.8. The Morgan fingerprint density at radius 2 is 1.81 bits per heavy atom. The quantitative estimate of drug-likeness (QED) is 0.753. The number of aromatic nitrogens is 1. The van der Waals surface area contributed by atoms with Crippen LogP contribution in [-0.2, 0) is 18.7 Å². The van der Waals surface area contributed by atoms with Crippen molar-refractivity contribution in [1.82, 2.24) is 10.3 Å². The zero-order chi connectivity index (χ0) is 23.1. The molecule has 26 heavy (non-hydrogen) atoms. The molecule has 140 valence electrons. The lowest BCUT2D eigenvalue weighted by atomic mass is 10.1. The molecule has 0 aliphatic rings. The highest BCUT2D eigenvalue weighted by atomic mass is 35.5. The van der Waals surface area contributed by atoms with Crippen LogP contribution >= 0.6 is 11.6 Å². The van der Waals surface area contributed by atoms with Crippen molar-refractivity contribution in [2.75, 3.05) is 6.50 Å². The maximum Gasteiger partial charge on any atom is 0.417 e. The average molecular weight is 401 g/mol. The third-order valence-electron chi connectivity index (χ3n) is 3.00. The van der Waals surface area contributed by atoms with E-state index in [-0.39, 0.29) is 6.20 Å². The summed E-state index contributed by atoms with van der Waals surface area (Å²) in [7, 11) is 0. The predicted octanol–water partition coefficient (Wildman–Crippen LogP) is 4.75. The number of rotatable bonds is 4. The largest absolute Gasteiger partial charge is 0.417 e. The van der Waals surface area contributed by atoms with Gasteiger partial charge in [-0.3, -0.25) is 9.78 Å². The van der Waals surface area contributed by atoms with Crippen LogP contribution in [0.15, 0.2) is 36.5 Å². The lowest BCUT2D eigenvalue weighted by Gasteiger charge is -2.13. The Bertz CT molecular complexity index is 965. The van der Waals surface area contributed by atoms with Crippen molar-refractivity contribution in [2.45, 2.75) is 18.7 Å². The van der Waals surface area contributed by atoms with Gasteiger partial charge in [0, 0.05) is 24.5 Å². The van der Waals surface area contributed by atoms with E-state index in [1.54, 1.807) is 0 Å². The van der Waals surface area contributed by atoms with Crippen LogP contribution in [0.4, 0.5) is 26.3 Å². The molecule has 0 fully saturated rings. The number of hydrogen-bond acceptors (Lipinski definition) is 2. The molecule has 2 rings (SSSR count). The number of carbonyl (C=O) groups is 1. The molecule has 1 heterocycles. The molecule has 0 radical (unpaired) electrons. The Balaban J connectivity index is 2.41. The molecule has 0 bridgehead atoms. The van der Waals surface area contributed by atoms with Gasteiger partial charge in [0.05, 0.1) is 27.4 Å². The average Bonchev–Trinajstić information content (AvgIpc) is 2.59. The highest BCUT2D eigenvalue weighted by Gasteiger charge is 2.35. The van der Waals surface area contributed by atoms with Crippen LogP contribution in [0, 0.1) is 0 Å². The van der Waals surface area contributed by atoms with Gasteiger partial charge in [-0.2, -0.15) is 26.3 Å². The molecule has 2 aromatic rings. The Labute approximate surface area is 154 Å². The molecule has 0 atom stereocenters. The van der Waals surface area contributed by atoms with Gasteiger partial charge >= 0.3 is 12.4 Å². The number of hydrogen-bond donors (Lipinski definition) is 1. The maximum atomic E-state index is 13.1. The van der Waals surface area contributed by atoms with E-state index >= 15 is 0 Å². The van der Waals surface area contributed by atoms with Crippen molar-refractivity contribution in [1.29, 1.82) is 0 Å². The standard InChI is InChI=1S/C16H11ClF6N2O/c17-12-7-9(15(18,19)20)8-25-13(12)5-6-24-14(26)10-3-1-2-4-11(10)16(21,22)23/h1-4,7-8H,5-6H2,(H,24,26)/i5D2,6D2. The van der Waals surface area contributed by atoms with Crippen LogP contribution in [0.5, 0.6) is 0 Å². The van der Waals surface area contributed by atoms with E-state index < -0.39 is 58.5 Å². The van der Waals surface area contributed by atoms with Gasteiger partial charge in [-0.15, -0.1) is 0 Å². The van der Waals surface area contributed by atoms with E-state index in [1.807, 2.05) is 0 Å². The second-order valence-corrected chi connectivity index (χ2v) is 5.21. The third kappa shape index (κ3) is 4.87. The topological polar surface area (TPSA) is 42.0 Å². The fourth-order valence-electron chi connectivity index (χ4n) is 1.83. The lowest BCUT2D eigenvalue weighted by molar-refractivity contribution is -0.138. The minimum Gasteiger partial charge on any atom is -0.352 e. The van der Waals surface area contributed by atoms with Gasteiger partial charge in [-0.05, 0) is 18.2 Å². The molecule has 1 N–H and O–H groups in total. The molecule has 1 aromatic carbocycles. The van der Waals surface area contributed by atoms with Gasteiger partial charge in [-0.25, -0.2) is 0 Å². The summed E-state index contributed by atoms with van der Waals surface area (Å²) in [5.74, 6) is -1.60. The van der Waals surface area contributed by atoms with Crippen LogP contribution in [0.1, 0.15) is 32.7 Å². The van der Waals surface area contributed by atoms with Gasteiger partial charge in [0.1, 0.15) is 0 Å². The minimum absolute atomic E-state index is 0.218. The molecule has 1 aromatic heterocycles. The predicted molar refractivity (Wildman–Crippen MR) is 81.7 cm³/mol. The zero-order valence-electron chi connectivity index (χ0n) is 16.5. The van der Waals surface area contributed by atoms with Crippen molar-refractivity contribution < 1.29 is 36.6 Å². The lowest BCUT2D eigenvalue weighted by Crippen LogP contribution is -2.28. The van der Waals surface area contributed by atoms with E-state index in [9.17, 15) is 31.1 Å². The van der Waals surface area contributed by atoms with E-state index in [0.717, 1.165) is 18.2 Å². The van der Waals surface area contributed by atoms with Crippen LogP contribution < -0.4 is 5.32 Å².